The van der Waals surface area contributed by atoms with Gasteiger partial charge >= 0.3 is 0 Å². The number of methoxy groups -OCH3 is 1. The van der Waals surface area contributed by atoms with Gasteiger partial charge in [0.15, 0.2) is 0 Å². The van der Waals surface area contributed by atoms with Gasteiger partial charge < -0.3 is 20.9 Å². The van der Waals surface area contributed by atoms with Crippen LogP contribution >= 0.6 is 12.4 Å². The Hall–Kier alpha value is -2.08. The molecule has 2 atom stereocenters. The molecule has 130 valence electrons. The van der Waals surface area contributed by atoms with Crippen LogP contribution in [-0.2, 0) is 4.79 Å². The van der Waals surface area contributed by atoms with Crippen molar-refractivity contribution in [3.63, 3.8) is 0 Å². The van der Waals surface area contributed by atoms with Crippen LogP contribution in [0.15, 0.2) is 54.6 Å². The fourth-order valence-electron chi connectivity index (χ4n) is 2.27. The van der Waals surface area contributed by atoms with E-state index >= 15 is 0 Å². The van der Waals surface area contributed by atoms with Crippen LogP contribution in [0.3, 0.4) is 0 Å². The van der Waals surface area contributed by atoms with E-state index in [1.165, 1.54) is 0 Å². The summed E-state index contributed by atoms with van der Waals surface area (Å²) in [6, 6.07) is 16.2. The molecule has 4 N–H and O–H groups in total. The Balaban J connectivity index is 0.00000288. The number of rotatable bonds is 7. The Morgan fingerprint density at radius 2 is 1.83 bits per heavy atom. The topological polar surface area (TPSA) is 84.6 Å². The lowest BCUT2D eigenvalue weighted by atomic mass is 10.0. The average Bonchev–Trinajstić information content (AvgIpc) is 2.60. The number of aliphatic hydroxyl groups is 1. The van der Waals surface area contributed by atoms with Crippen LogP contribution in [-0.4, -0.2) is 24.7 Å². The number of hydrogen-bond donors (Lipinski definition) is 3. The molecule has 2 aromatic carbocycles. The van der Waals surface area contributed by atoms with Gasteiger partial charge in [-0.25, -0.2) is 0 Å². The maximum Gasteiger partial charge on any atom is 0.222 e. The molecule has 0 fully saturated rings. The second-order valence-corrected chi connectivity index (χ2v) is 5.32. The molecule has 0 spiro atoms. The minimum Gasteiger partial charge on any atom is -0.497 e. The first kappa shape index (κ1) is 20.0. The van der Waals surface area contributed by atoms with E-state index in [4.69, 9.17) is 10.5 Å². The van der Waals surface area contributed by atoms with Crippen molar-refractivity contribution in [2.75, 3.05) is 13.7 Å². The molecule has 24 heavy (non-hydrogen) atoms. The monoisotopic (exact) mass is 350 g/mol. The smallest absolute Gasteiger partial charge is 0.222 e. The SMILES string of the molecule is COc1cccc(C(O)CNC(=O)CC(N)c2ccccc2)c1.Cl. The van der Waals surface area contributed by atoms with Crippen molar-refractivity contribution < 1.29 is 14.6 Å². The van der Waals surface area contributed by atoms with Crippen molar-refractivity contribution in [1.82, 2.24) is 5.32 Å². The zero-order chi connectivity index (χ0) is 16.7. The third kappa shape index (κ3) is 5.85. The van der Waals surface area contributed by atoms with Crippen LogP contribution in [0.25, 0.3) is 0 Å². The number of aliphatic hydroxyl groups excluding tert-OH is 1. The normalized spacial score (nSPS) is 12.6. The Kier molecular flexibility index (Phi) is 8.26. The molecule has 0 bridgehead atoms. The van der Waals surface area contributed by atoms with Crippen LogP contribution < -0.4 is 15.8 Å². The van der Waals surface area contributed by atoms with Gasteiger partial charge in [-0.2, -0.15) is 0 Å². The van der Waals surface area contributed by atoms with Gasteiger partial charge in [0, 0.05) is 19.0 Å². The molecule has 0 aliphatic rings. The van der Waals surface area contributed by atoms with Gasteiger partial charge in [-0.1, -0.05) is 42.5 Å². The lowest BCUT2D eigenvalue weighted by molar-refractivity contribution is -0.121. The molecule has 0 radical (unpaired) electrons. The Morgan fingerprint density at radius 3 is 2.50 bits per heavy atom. The second kappa shape index (κ2) is 9.93. The van der Waals surface area contributed by atoms with Crippen molar-refractivity contribution in [1.29, 1.82) is 0 Å². The van der Waals surface area contributed by atoms with Crippen LogP contribution in [0.4, 0.5) is 0 Å². The number of carbonyl (C=O) groups is 1. The van der Waals surface area contributed by atoms with Gasteiger partial charge in [0.2, 0.25) is 5.91 Å². The minimum atomic E-state index is -0.790. The standard InChI is InChI=1S/C18H22N2O3.ClH/c1-23-15-9-5-8-14(10-15)17(21)12-20-18(22)11-16(19)13-6-3-2-4-7-13;/h2-10,16-17,21H,11-12,19H2,1H3,(H,20,22);1H. The molecule has 6 heteroatoms. The number of carbonyl (C=O) groups excluding carboxylic acids is 1. The van der Waals surface area contributed by atoms with Gasteiger partial charge in [0.25, 0.3) is 0 Å². The fourth-order valence-corrected chi connectivity index (χ4v) is 2.27. The van der Waals surface area contributed by atoms with E-state index in [1.54, 1.807) is 31.4 Å². The highest BCUT2D eigenvalue weighted by atomic mass is 35.5. The second-order valence-electron chi connectivity index (χ2n) is 5.32. The number of halogens is 1. The Bertz CT molecular complexity index is 637. The predicted octanol–water partition coefficient (Wildman–Crippen LogP) is 2.36. The number of nitrogens with two attached hydrogens (primary N) is 1. The minimum absolute atomic E-state index is 0. The van der Waals surface area contributed by atoms with Gasteiger partial charge in [0.1, 0.15) is 5.75 Å². The summed E-state index contributed by atoms with van der Waals surface area (Å²) in [5.74, 6) is 0.474. The van der Waals surface area contributed by atoms with E-state index < -0.39 is 6.10 Å². The van der Waals surface area contributed by atoms with Crippen molar-refractivity contribution >= 4 is 18.3 Å². The first-order valence-corrected chi connectivity index (χ1v) is 7.49. The van der Waals surface area contributed by atoms with Gasteiger partial charge in [0.05, 0.1) is 13.2 Å². The Labute approximate surface area is 148 Å². The van der Waals surface area contributed by atoms with E-state index in [1.807, 2.05) is 30.3 Å². The first-order chi connectivity index (χ1) is 11.1. The van der Waals surface area contributed by atoms with E-state index in [-0.39, 0.29) is 37.3 Å². The molecule has 0 saturated carbocycles. The molecule has 2 unspecified atom stereocenters. The predicted molar refractivity (Wildman–Crippen MR) is 96.2 cm³/mol. The van der Waals surface area contributed by atoms with Crippen LogP contribution in [0, 0.1) is 0 Å². The van der Waals surface area contributed by atoms with Gasteiger partial charge in [-0.05, 0) is 23.3 Å². The van der Waals surface area contributed by atoms with Gasteiger partial charge in [-0.3, -0.25) is 4.79 Å². The maximum absolute atomic E-state index is 12.0. The molecule has 1 amide bonds. The summed E-state index contributed by atoms with van der Waals surface area (Å²) in [6.45, 7) is 0.132. The summed E-state index contributed by atoms with van der Waals surface area (Å²) in [7, 11) is 1.57. The molecular weight excluding hydrogens is 328 g/mol. The zero-order valence-corrected chi connectivity index (χ0v) is 14.3. The average molecular weight is 351 g/mol. The summed E-state index contributed by atoms with van der Waals surface area (Å²) < 4.78 is 5.12. The number of hydrogen-bond acceptors (Lipinski definition) is 4. The first-order valence-electron chi connectivity index (χ1n) is 7.49. The highest BCUT2D eigenvalue weighted by Gasteiger charge is 2.14. The number of benzene rings is 2. The zero-order valence-electron chi connectivity index (χ0n) is 13.5. The van der Waals surface area contributed by atoms with E-state index in [0.717, 1.165) is 5.56 Å². The highest BCUT2D eigenvalue weighted by Crippen LogP contribution is 2.19. The molecule has 0 aliphatic heterocycles. The molecule has 2 rings (SSSR count). The molecule has 0 aromatic heterocycles. The van der Waals surface area contributed by atoms with Crippen molar-refractivity contribution in [2.45, 2.75) is 18.6 Å². The number of ether oxygens (including phenoxy) is 1. The summed E-state index contributed by atoms with van der Waals surface area (Å²) in [6.07, 6.45) is -0.614. The lowest BCUT2D eigenvalue weighted by Gasteiger charge is -2.15. The molecular formula is C18H23ClN2O3. The Morgan fingerprint density at radius 1 is 1.17 bits per heavy atom. The van der Waals surface area contributed by atoms with Crippen LogP contribution in [0.5, 0.6) is 5.75 Å². The molecule has 2 aromatic rings. The molecule has 0 heterocycles. The third-order valence-electron chi connectivity index (χ3n) is 3.60. The molecule has 0 saturated heterocycles. The van der Waals surface area contributed by atoms with Crippen LogP contribution in [0.1, 0.15) is 29.7 Å². The maximum atomic E-state index is 12.0. The lowest BCUT2D eigenvalue weighted by Crippen LogP contribution is -2.31. The quantitative estimate of drug-likeness (QED) is 0.715. The van der Waals surface area contributed by atoms with E-state index in [2.05, 4.69) is 5.32 Å². The molecule has 5 nitrogen and oxygen atoms in total. The summed E-state index contributed by atoms with van der Waals surface area (Å²) in [4.78, 5) is 12.0. The van der Waals surface area contributed by atoms with Crippen molar-refractivity contribution in [3.05, 3.63) is 65.7 Å². The van der Waals surface area contributed by atoms with Gasteiger partial charge in [-0.15, -0.1) is 12.4 Å². The fraction of sp³-hybridized carbons (Fsp3) is 0.278. The van der Waals surface area contributed by atoms with E-state index in [0.29, 0.717) is 11.3 Å². The number of nitrogens with one attached hydrogen (secondary N) is 1. The molecule has 0 aliphatic carbocycles. The number of amides is 1. The summed E-state index contributed by atoms with van der Waals surface area (Å²) in [5.41, 5.74) is 7.62. The third-order valence-corrected chi connectivity index (χ3v) is 3.60. The highest BCUT2D eigenvalue weighted by molar-refractivity contribution is 5.85. The van der Waals surface area contributed by atoms with E-state index in [9.17, 15) is 9.90 Å². The summed E-state index contributed by atoms with van der Waals surface area (Å²) in [5, 5.41) is 12.8. The van der Waals surface area contributed by atoms with Crippen molar-refractivity contribution in [2.24, 2.45) is 5.73 Å². The van der Waals surface area contributed by atoms with Crippen molar-refractivity contribution in [3.8, 4) is 5.75 Å². The summed E-state index contributed by atoms with van der Waals surface area (Å²) >= 11 is 0. The van der Waals surface area contributed by atoms with Crippen LogP contribution in [0.2, 0.25) is 0 Å². The largest absolute Gasteiger partial charge is 0.497 e.